The smallest absolute Gasteiger partial charge is 0.123 e. The second-order valence-corrected chi connectivity index (χ2v) is 5.75. The van der Waals surface area contributed by atoms with E-state index < -0.39 is 0 Å². The lowest BCUT2D eigenvalue weighted by Gasteiger charge is -2.19. The van der Waals surface area contributed by atoms with Crippen LogP contribution in [0.4, 0.5) is 4.39 Å². The van der Waals surface area contributed by atoms with Gasteiger partial charge in [0.15, 0.2) is 0 Å². The maximum absolute atomic E-state index is 12.8. The first-order chi connectivity index (χ1) is 7.70. The molecule has 1 nitrogen and oxygen atoms in total. The van der Waals surface area contributed by atoms with Crippen molar-refractivity contribution in [3.05, 3.63) is 30.1 Å². The molecule has 0 spiro atoms. The van der Waals surface area contributed by atoms with E-state index in [1.807, 2.05) is 30.9 Å². The molecule has 1 fully saturated rings. The molecule has 3 atom stereocenters. The van der Waals surface area contributed by atoms with E-state index in [4.69, 9.17) is 0 Å². The highest BCUT2D eigenvalue weighted by Crippen LogP contribution is 2.38. The molecule has 2 rings (SSSR count). The minimum Gasteiger partial charge on any atom is -0.317 e. The highest BCUT2D eigenvalue weighted by Gasteiger charge is 2.32. The van der Waals surface area contributed by atoms with Crippen LogP contribution in [-0.2, 0) is 0 Å². The summed E-state index contributed by atoms with van der Waals surface area (Å²) in [6.07, 6.45) is 2.49. The standard InChI is InChI=1S/C13H18FNS/c1-9-12(15-2)7-8-13(9)16-11-5-3-10(14)4-6-11/h3-6,9,12-13,15H,7-8H2,1-2H3. The van der Waals surface area contributed by atoms with Gasteiger partial charge in [-0.05, 0) is 50.1 Å². The largest absolute Gasteiger partial charge is 0.317 e. The Labute approximate surface area is 101 Å². The van der Waals surface area contributed by atoms with Crippen LogP contribution in [-0.4, -0.2) is 18.3 Å². The summed E-state index contributed by atoms with van der Waals surface area (Å²) < 4.78 is 12.8. The minimum atomic E-state index is -0.156. The molecule has 1 aliphatic rings. The normalized spacial score (nSPS) is 29.6. The predicted molar refractivity (Wildman–Crippen MR) is 67.3 cm³/mol. The van der Waals surface area contributed by atoms with Crippen LogP contribution < -0.4 is 5.32 Å². The van der Waals surface area contributed by atoms with Crippen LogP contribution >= 0.6 is 11.8 Å². The average Bonchev–Trinajstić information content (AvgIpc) is 2.63. The van der Waals surface area contributed by atoms with E-state index in [2.05, 4.69) is 12.2 Å². The lowest BCUT2D eigenvalue weighted by atomic mass is 10.1. The van der Waals surface area contributed by atoms with Gasteiger partial charge in [-0.25, -0.2) is 4.39 Å². The molecule has 3 heteroatoms. The molecular weight excluding hydrogens is 221 g/mol. The predicted octanol–water partition coefficient (Wildman–Crippen LogP) is 3.30. The fourth-order valence-electron chi connectivity index (χ4n) is 2.39. The van der Waals surface area contributed by atoms with Crippen molar-refractivity contribution in [1.29, 1.82) is 0 Å². The van der Waals surface area contributed by atoms with Crippen LogP contribution in [0.2, 0.25) is 0 Å². The summed E-state index contributed by atoms with van der Waals surface area (Å²) in [6, 6.07) is 7.46. The SMILES string of the molecule is CNC1CCC(Sc2ccc(F)cc2)C1C. The molecule has 0 bridgehead atoms. The Morgan fingerprint density at radius 2 is 1.94 bits per heavy atom. The van der Waals surface area contributed by atoms with Gasteiger partial charge in [0.05, 0.1) is 0 Å². The van der Waals surface area contributed by atoms with Crippen LogP contribution in [0.3, 0.4) is 0 Å². The third-order valence-electron chi connectivity index (χ3n) is 3.46. The molecule has 0 aliphatic heterocycles. The number of benzene rings is 1. The highest BCUT2D eigenvalue weighted by molar-refractivity contribution is 8.00. The molecular formula is C13H18FNS. The molecule has 1 aromatic rings. The number of hydrogen-bond acceptors (Lipinski definition) is 2. The van der Waals surface area contributed by atoms with Gasteiger partial charge in [-0.15, -0.1) is 11.8 Å². The zero-order chi connectivity index (χ0) is 11.5. The molecule has 1 saturated carbocycles. The molecule has 0 heterocycles. The van der Waals surface area contributed by atoms with Gasteiger partial charge in [-0.3, -0.25) is 0 Å². The van der Waals surface area contributed by atoms with Crippen molar-refractivity contribution >= 4 is 11.8 Å². The maximum Gasteiger partial charge on any atom is 0.123 e. The van der Waals surface area contributed by atoms with Gasteiger partial charge in [-0.1, -0.05) is 6.92 Å². The molecule has 3 unspecified atom stereocenters. The van der Waals surface area contributed by atoms with E-state index in [9.17, 15) is 4.39 Å². The van der Waals surface area contributed by atoms with Crippen molar-refractivity contribution < 1.29 is 4.39 Å². The fraction of sp³-hybridized carbons (Fsp3) is 0.538. The van der Waals surface area contributed by atoms with Crippen LogP contribution in [0.5, 0.6) is 0 Å². The van der Waals surface area contributed by atoms with Crippen molar-refractivity contribution in [1.82, 2.24) is 5.32 Å². The molecule has 16 heavy (non-hydrogen) atoms. The van der Waals surface area contributed by atoms with Crippen molar-refractivity contribution in [3.63, 3.8) is 0 Å². The van der Waals surface area contributed by atoms with Gasteiger partial charge in [-0.2, -0.15) is 0 Å². The Balaban J connectivity index is 1.98. The Morgan fingerprint density at radius 1 is 1.25 bits per heavy atom. The highest BCUT2D eigenvalue weighted by atomic mass is 32.2. The number of nitrogens with one attached hydrogen (secondary N) is 1. The van der Waals surface area contributed by atoms with Gasteiger partial charge in [0.25, 0.3) is 0 Å². The van der Waals surface area contributed by atoms with Crippen LogP contribution in [0.25, 0.3) is 0 Å². The summed E-state index contributed by atoms with van der Waals surface area (Å²) >= 11 is 1.88. The number of halogens is 1. The summed E-state index contributed by atoms with van der Waals surface area (Å²) in [6.45, 7) is 2.30. The molecule has 0 aromatic heterocycles. The first kappa shape index (κ1) is 11.9. The summed E-state index contributed by atoms with van der Waals surface area (Å²) in [5.74, 6) is 0.525. The van der Waals surface area contributed by atoms with Gasteiger partial charge in [0.1, 0.15) is 5.82 Å². The summed E-state index contributed by atoms with van der Waals surface area (Å²) in [4.78, 5) is 1.18. The molecule has 1 aliphatic carbocycles. The van der Waals surface area contributed by atoms with E-state index in [0.717, 1.165) is 0 Å². The third kappa shape index (κ3) is 2.58. The van der Waals surface area contributed by atoms with Crippen LogP contribution in [0, 0.1) is 11.7 Å². The van der Waals surface area contributed by atoms with Crippen molar-refractivity contribution in [3.8, 4) is 0 Å². The minimum absolute atomic E-state index is 0.156. The van der Waals surface area contributed by atoms with E-state index in [-0.39, 0.29) is 5.82 Å². The summed E-state index contributed by atoms with van der Waals surface area (Å²) in [5, 5.41) is 4.02. The van der Waals surface area contributed by atoms with Crippen molar-refractivity contribution in [2.45, 2.75) is 36.0 Å². The van der Waals surface area contributed by atoms with Gasteiger partial charge < -0.3 is 5.32 Å². The zero-order valence-electron chi connectivity index (χ0n) is 9.74. The van der Waals surface area contributed by atoms with E-state index in [1.165, 1.54) is 29.9 Å². The number of rotatable bonds is 3. The third-order valence-corrected chi connectivity index (χ3v) is 4.97. The molecule has 88 valence electrons. The number of hydrogen-bond donors (Lipinski definition) is 1. The maximum atomic E-state index is 12.8. The van der Waals surface area contributed by atoms with E-state index in [0.29, 0.717) is 17.2 Å². The van der Waals surface area contributed by atoms with Gasteiger partial charge >= 0.3 is 0 Å². The molecule has 0 amide bonds. The lowest BCUT2D eigenvalue weighted by molar-refractivity contribution is 0.464. The molecule has 1 aromatic carbocycles. The van der Waals surface area contributed by atoms with Crippen molar-refractivity contribution in [2.24, 2.45) is 5.92 Å². The molecule has 1 N–H and O–H groups in total. The second-order valence-electron chi connectivity index (χ2n) is 4.44. The van der Waals surface area contributed by atoms with E-state index >= 15 is 0 Å². The zero-order valence-corrected chi connectivity index (χ0v) is 10.6. The van der Waals surface area contributed by atoms with Gasteiger partial charge in [0, 0.05) is 16.2 Å². The molecule has 0 saturated heterocycles. The first-order valence-corrected chi connectivity index (χ1v) is 6.68. The second kappa shape index (κ2) is 5.19. The first-order valence-electron chi connectivity index (χ1n) is 5.80. The average molecular weight is 239 g/mol. The molecule has 0 radical (unpaired) electrons. The monoisotopic (exact) mass is 239 g/mol. The Kier molecular flexibility index (Phi) is 3.87. The van der Waals surface area contributed by atoms with Crippen LogP contribution in [0.1, 0.15) is 19.8 Å². The Hall–Kier alpha value is -0.540. The Bertz CT molecular complexity index is 338. The Morgan fingerprint density at radius 3 is 2.50 bits per heavy atom. The topological polar surface area (TPSA) is 12.0 Å². The lowest BCUT2D eigenvalue weighted by Crippen LogP contribution is -2.29. The van der Waals surface area contributed by atoms with E-state index in [1.54, 1.807) is 0 Å². The fourth-order valence-corrected chi connectivity index (χ4v) is 3.69. The summed E-state index contributed by atoms with van der Waals surface area (Å²) in [7, 11) is 2.03. The number of thioether (sulfide) groups is 1. The quantitative estimate of drug-likeness (QED) is 0.868. The summed E-state index contributed by atoms with van der Waals surface area (Å²) in [5.41, 5.74) is 0. The van der Waals surface area contributed by atoms with Crippen molar-refractivity contribution in [2.75, 3.05) is 7.05 Å². The van der Waals surface area contributed by atoms with Crippen LogP contribution in [0.15, 0.2) is 29.2 Å². The van der Waals surface area contributed by atoms with Gasteiger partial charge in [0.2, 0.25) is 0 Å².